The minimum Gasteiger partial charge on any atom is -0.316 e. The third-order valence-corrected chi connectivity index (χ3v) is 5.11. The van der Waals surface area contributed by atoms with E-state index in [4.69, 9.17) is 5.10 Å². The third kappa shape index (κ3) is 2.58. The molecule has 2 fully saturated rings. The standard InChI is InChI=1S/C16H27N3/c1-12-15(13-7-4-3-5-8-13)16(18-19(12)2)14-9-6-10-17-11-14/h13-14,17H,3-11H2,1-2H3. The largest absolute Gasteiger partial charge is 0.316 e. The van der Waals surface area contributed by atoms with E-state index in [2.05, 4.69) is 24.0 Å². The van der Waals surface area contributed by atoms with Gasteiger partial charge in [0.15, 0.2) is 0 Å². The summed E-state index contributed by atoms with van der Waals surface area (Å²) in [5, 5.41) is 8.43. The number of piperidine rings is 1. The molecule has 3 rings (SSSR count). The van der Waals surface area contributed by atoms with Gasteiger partial charge in [-0.15, -0.1) is 0 Å². The molecule has 106 valence electrons. The molecule has 1 saturated carbocycles. The normalized spacial score (nSPS) is 25.7. The molecule has 1 unspecified atom stereocenters. The van der Waals surface area contributed by atoms with Gasteiger partial charge in [0.1, 0.15) is 0 Å². The van der Waals surface area contributed by atoms with Gasteiger partial charge < -0.3 is 5.32 Å². The van der Waals surface area contributed by atoms with Gasteiger partial charge in [0.2, 0.25) is 0 Å². The molecule has 1 aromatic rings. The second-order valence-corrected chi connectivity index (χ2v) is 6.39. The molecule has 1 aromatic heterocycles. The minimum atomic E-state index is 0.644. The van der Waals surface area contributed by atoms with E-state index in [1.807, 2.05) is 0 Å². The zero-order valence-corrected chi connectivity index (χ0v) is 12.4. The van der Waals surface area contributed by atoms with Crippen LogP contribution in [-0.4, -0.2) is 22.9 Å². The molecule has 0 bridgehead atoms. The molecular formula is C16H27N3. The molecule has 1 N–H and O–H groups in total. The number of hydrogen-bond donors (Lipinski definition) is 1. The lowest BCUT2D eigenvalue weighted by atomic mass is 9.80. The number of aromatic nitrogens is 2. The van der Waals surface area contributed by atoms with E-state index in [9.17, 15) is 0 Å². The van der Waals surface area contributed by atoms with Crippen LogP contribution in [0.5, 0.6) is 0 Å². The first-order chi connectivity index (χ1) is 9.27. The Bertz CT molecular complexity index is 423. The van der Waals surface area contributed by atoms with Crippen molar-refractivity contribution in [2.45, 2.75) is 63.7 Å². The molecule has 3 nitrogen and oxygen atoms in total. The lowest BCUT2D eigenvalue weighted by Crippen LogP contribution is -2.29. The van der Waals surface area contributed by atoms with E-state index < -0.39 is 0 Å². The molecular weight excluding hydrogens is 234 g/mol. The van der Waals surface area contributed by atoms with Crippen LogP contribution >= 0.6 is 0 Å². The Morgan fingerprint density at radius 2 is 1.79 bits per heavy atom. The monoisotopic (exact) mass is 261 g/mol. The van der Waals surface area contributed by atoms with Crippen LogP contribution in [0.1, 0.15) is 73.7 Å². The summed E-state index contributed by atoms with van der Waals surface area (Å²) in [4.78, 5) is 0. The average molecular weight is 261 g/mol. The van der Waals surface area contributed by atoms with E-state index in [1.165, 1.54) is 62.9 Å². The topological polar surface area (TPSA) is 29.9 Å². The summed E-state index contributed by atoms with van der Waals surface area (Å²) < 4.78 is 2.12. The number of rotatable bonds is 2. The highest BCUT2D eigenvalue weighted by Gasteiger charge is 2.28. The first-order valence-electron chi connectivity index (χ1n) is 8.01. The number of nitrogens with one attached hydrogen (secondary N) is 1. The van der Waals surface area contributed by atoms with Crippen LogP contribution in [-0.2, 0) is 7.05 Å². The molecule has 0 radical (unpaired) electrons. The van der Waals surface area contributed by atoms with Gasteiger partial charge in [-0.05, 0) is 50.6 Å². The first-order valence-corrected chi connectivity index (χ1v) is 8.01. The van der Waals surface area contributed by atoms with Crippen molar-refractivity contribution in [3.8, 4) is 0 Å². The minimum absolute atomic E-state index is 0.644. The van der Waals surface area contributed by atoms with Crippen LogP contribution in [0.15, 0.2) is 0 Å². The zero-order chi connectivity index (χ0) is 13.2. The van der Waals surface area contributed by atoms with Gasteiger partial charge in [0.25, 0.3) is 0 Å². The van der Waals surface area contributed by atoms with Gasteiger partial charge >= 0.3 is 0 Å². The molecule has 0 spiro atoms. The van der Waals surface area contributed by atoms with E-state index in [-0.39, 0.29) is 0 Å². The lowest BCUT2D eigenvalue weighted by Gasteiger charge is -2.27. The van der Waals surface area contributed by atoms with Crippen molar-refractivity contribution in [3.63, 3.8) is 0 Å². The molecule has 0 aromatic carbocycles. The molecule has 2 heterocycles. The molecule has 1 aliphatic carbocycles. The Hall–Kier alpha value is -0.830. The fourth-order valence-corrected chi connectivity index (χ4v) is 3.93. The van der Waals surface area contributed by atoms with Crippen LogP contribution in [0, 0.1) is 6.92 Å². The fourth-order valence-electron chi connectivity index (χ4n) is 3.93. The van der Waals surface area contributed by atoms with Crippen molar-refractivity contribution < 1.29 is 0 Å². The number of hydrogen-bond acceptors (Lipinski definition) is 2. The van der Waals surface area contributed by atoms with E-state index >= 15 is 0 Å². The highest BCUT2D eigenvalue weighted by Crippen LogP contribution is 2.39. The van der Waals surface area contributed by atoms with Crippen LogP contribution < -0.4 is 5.32 Å². The van der Waals surface area contributed by atoms with Gasteiger partial charge in [-0.1, -0.05) is 19.3 Å². The summed E-state index contributed by atoms with van der Waals surface area (Å²) in [5.74, 6) is 1.42. The van der Waals surface area contributed by atoms with Gasteiger partial charge in [-0.25, -0.2) is 0 Å². The Kier molecular flexibility index (Phi) is 3.92. The maximum atomic E-state index is 4.89. The molecule has 1 atom stereocenters. The van der Waals surface area contributed by atoms with E-state index in [0.29, 0.717) is 5.92 Å². The maximum Gasteiger partial charge on any atom is 0.0705 e. The fraction of sp³-hybridized carbons (Fsp3) is 0.812. The van der Waals surface area contributed by atoms with Crippen LogP contribution in [0.2, 0.25) is 0 Å². The summed E-state index contributed by atoms with van der Waals surface area (Å²) in [6, 6.07) is 0. The molecule has 1 saturated heterocycles. The third-order valence-electron chi connectivity index (χ3n) is 5.11. The smallest absolute Gasteiger partial charge is 0.0705 e. The predicted molar refractivity (Wildman–Crippen MR) is 78.6 cm³/mol. The molecule has 2 aliphatic rings. The van der Waals surface area contributed by atoms with Gasteiger partial charge in [0.05, 0.1) is 5.69 Å². The van der Waals surface area contributed by atoms with Crippen LogP contribution in [0.3, 0.4) is 0 Å². The summed E-state index contributed by atoms with van der Waals surface area (Å²) in [5.41, 5.74) is 4.43. The Labute approximate surface area is 116 Å². The summed E-state index contributed by atoms with van der Waals surface area (Å²) in [7, 11) is 2.11. The number of nitrogens with zero attached hydrogens (tertiary/aromatic N) is 2. The second kappa shape index (κ2) is 5.66. The molecule has 3 heteroatoms. The van der Waals surface area contributed by atoms with Crippen molar-refractivity contribution in [1.29, 1.82) is 0 Å². The van der Waals surface area contributed by atoms with Crippen molar-refractivity contribution in [1.82, 2.24) is 15.1 Å². The second-order valence-electron chi connectivity index (χ2n) is 6.39. The predicted octanol–water partition coefficient (Wildman–Crippen LogP) is 3.24. The van der Waals surface area contributed by atoms with E-state index in [0.717, 1.165) is 12.5 Å². The van der Waals surface area contributed by atoms with E-state index in [1.54, 1.807) is 5.56 Å². The summed E-state index contributed by atoms with van der Waals surface area (Å²) in [6.45, 7) is 4.56. The van der Waals surface area contributed by atoms with Crippen molar-refractivity contribution in [3.05, 3.63) is 17.0 Å². The molecule has 0 amide bonds. The Morgan fingerprint density at radius 1 is 1.05 bits per heavy atom. The molecule has 19 heavy (non-hydrogen) atoms. The SMILES string of the molecule is Cc1c(C2CCCCC2)c(C2CCCNC2)nn1C. The van der Waals surface area contributed by atoms with Gasteiger partial charge in [0, 0.05) is 25.2 Å². The summed E-state index contributed by atoms with van der Waals surface area (Å²) >= 11 is 0. The average Bonchev–Trinajstić information content (AvgIpc) is 2.77. The molecule has 1 aliphatic heterocycles. The highest BCUT2D eigenvalue weighted by atomic mass is 15.3. The Morgan fingerprint density at radius 3 is 2.47 bits per heavy atom. The summed E-state index contributed by atoms with van der Waals surface area (Å²) in [6.07, 6.45) is 9.59. The number of aryl methyl sites for hydroxylation is 1. The van der Waals surface area contributed by atoms with Gasteiger partial charge in [-0.3, -0.25) is 4.68 Å². The first kappa shape index (κ1) is 13.2. The quantitative estimate of drug-likeness (QED) is 0.885. The van der Waals surface area contributed by atoms with Crippen molar-refractivity contribution in [2.24, 2.45) is 7.05 Å². The van der Waals surface area contributed by atoms with Crippen molar-refractivity contribution in [2.75, 3.05) is 13.1 Å². The highest BCUT2D eigenvalue weighted by molar-refractivity contribution is 5.33. The van der Waals surface area contributed by atoms with Crippen molar-refractivity contribution >= 4 is 0 Å². The van der Waals surface area contributed by atoms with Crippen LogP contribution in [0.4, 0.5) is 0 Å². The lowest BCUT2D eigenvalue weighted by molar-refractivity contribution is 0.423. The van der Waals surface area contributed by atoms with Crippen LogP contribution in [0.25, 0.3) is 0 Å². The van der Waals surface area contributed by atoms with Gasteiger partial charge in [-0.2, -0.15) is 5.10 Å². The maximum absolute atomic E-state index is 4.89. The Balaban J connectivity index is 1.91. The zero-order valence-electron chi connectivity index (χ0n) is 12.4.